The number of hydrogen-bond donors (Lipinski definition) is 1. The van der Waals surface area contributed by atoms with Crippen LogP contribution in [0.2, 0.25) is 0 Å². The summed E-state index contributed by atoms with van der Waals surface area (Å²) in [5.41, 5.74) is 0.110. The van der Waals surface area contributed by atoms with Crippen LogP contribution >= 0.6 is 0 Å². The Balaban J connectivity index is 2.34. The van der Waals surface area contributed by atoms with Gasteiger partial charge in [0.15, 0.2) is 15.7 Å². The monoisotopic (exact) mass is 337 g/mol. The molecule has 23 heavy (non-hydrogen) atoms. The summed E-state index contributed by atoms with van der Waals surface area (Å²) in [6.07, 6.45) is 1.10. The lowest BCUT2D eigenvalue weighted by Gasteiger charge is -2.23. The van der Waals surface area contributed by atoms with Gasteiger partial charge in [0.05, 0.1) is 10.4 Å². The lowest BCUT2D eigenvalue weighted by molar-refractivity contribution is 0.0906. The van der Waals surface area contributed by atoms with Crippen LogP contribution in [0.15, 0.2) is 27.6 Å². The van der Waals surface area contributed by atoms with Gasteiger partial charge in [-0.3, -0.25) is 4.79 Å². The van der Waals surface area contributed by atoms with Crippen molar-refractivity contribution in [1.82, 2.24) is 15.5 Å². The Morgan fingerprint density at radius 2 is 1.91 bits per heavy atom. The smallest absolute Gasteiger partial charge is 0.252 e. The quantitative estimate of drug-likeness (QED) is 0.912. The molecule has 0 radical (unpaired) electrons. The van der Waals surface area contributed by atoms with Gasteiger partial charge < -0.3 is 9.84 Å². The van der Waals surface area contributed by atoms with Crippen molar-refractivity contribution in [3.05, 3.63) is 41.0 Å². The summed E-state index contributed by atoms with van der Waals surface area (Å²) in [7, 11) is -3.39. The Bertz CT molecular complexity index is 853. The lowest BCUT2D eigenvalue weighted by Crippen LogP contribution is -2.42. The fourth-order valence-electron chi connectivity index (χ4n) is 2.04. The minimum atomic E-state index is -3.39. The molecule has 1 heterocycles. The molecule has 2 rings (SSSR count). The van der Waals surface area contributed by atoms with E-state index in [9.17, 15) is 13.2 Å². The van der Waals surface area contributed by atoms with Crippen LogP contribution in [0.3, 0.4) is 0 Å². The Morgan fingerprint density at radius 1 is 1.26 bits per heavy atom. The minimum Gasteiger partial charge on any atom is -0.340 e. The zero-order valence-electron chi connectivity index (χ0n) is 13.7. The maximum atomic E-state index is 12.5. The lowest BCUT2D eigenvalue weighted by atomic mass is 10.0. The number of carbonyl (C=O) groups excluding carboxylic acids is 1. The molecular weight excluding hydrogens is 318 g/mol. The van der Waals surface area contributed by atoms with Crippen molar-refractivity contribution in [2.24, 2.45) is 0 Å². The predicted molar refractivity (Wildman–Crippen MR) is 83.8 cm³/mol. The van der Waals surface area contributed by atoms with Gasteiger partial charge >= 0.3 is 0 Å². The summed E-state index contributed by atoms with van der Waals surface area (Å²) in [6, 6.07) is 4.46. The number of nitrogens with one attached hydrogen (secondary N) is 1. The average molecular weight is 337 g/mol. The van der Waals surface area contributed by atoms with Crippen LogP contribution in [0.25, 0.3) is 0 Å². The van der Waals surface area contributed by atoms with E-state index in [1.165, 1.54) is 12.1 Å². The molecule has 0 aliphatic carbocycles. The zero-order valence-corrected chi connectivity index (χ0v) is 14.5. The molecule has 0 spiro atoms. The molecule has 0 unspecified atom stereocenters. The van der Waals surface area contributed by atoms with Crippen molar-refractivity contribution >= 4 is 15.7 Å². The topological polar surface area (TPSA) is 102 Å². The first-order valence-corrected chi connectivity index (χ1v) is 8.84. The first kappa shape index (κ1) is 17.1. The molecule has 0 saturated carbocycles. The second-order valence-corrected chi connectivity index (χ2v) is 7.98. The predicted octanol–water partition coefficient (Wildman–Crippen LogP) is 1.76. The Kier molecular flexibility index (Phi) is 4.30. The van der Waals surface area contributed by atoms with Crippen LogP contribution in [-0.4, -0.2) is 30.7 Å². The third kappa shape index (κ3) is 3.76. The molecule has 1 aromatic carbocycles. The second-order valence-electron chi connectivity index (χ2n) is 5.97. The largest absolute Gasteiger partial charge is 0.340 e. The third-order valence-electron chi connectivity index (χ3n) is 3.39. The highest BCUT2D eigenvalue weighted by molar-refractivity contribution is 7.90. The van der Waals surface area contributed by atoms with E-state index in [-0.39, 0.29) is 4.90 Å². The Morgan fingerprint density at radius 3 is 2.43 bits per heavy atom. The van der Waals surface area contributed by atoms with Crippen LogP contribution in [0, 0.1) is 13.8 Å². The van der Waals surface area contributed by atoms with Crippen LogP contribution in [-0.2, 0) is 15.4 Å². The van der Waals surface area contributed by atoms with E-state index in [1.54, 1.807) is 33.8 Å². The van der Waals surface area contributed by atoms with Gasteiger partial charge in [0.1, 0.15) is 0 Å². The van der Waals surface area contributed by atoms with Gasteiger partial charge in [0.2, 0.25) is 5.89 Å². The number of aryl methyl sites for hydroxylation is 2. The number of carbonyl (C=O) groups is 1. The molecule has 0 saturated heterocycles. The molecule has 8 heteroatoms. The average Bonchev–Trinajstić information content (AvgIpc) is 2.84. The first-order chi connectivity index (χ1) is 10.5. The fraction of sp³-hybridized carbons (Fsp3) is 0.400. The summed E-state index contributed by atoms with van der Waals surface area (Å²) >= 11 is 0. The molecule has 1 N–H and O–H groups in total. The van der Waals surface area contributed by atoms with E-state index < -0.39 is 21.3 Å². The fourth-order valence-corrected chi connectivity index (χ4v) is 2.68. The van der Waals surface area contributed by atoms with Crippen molar-refractivity contribution in [3.63, 3.8) is 0 Å². The van der Waals surface area contributed by atoms with E-state index in [2.05, 4.69) is 15.5 Å². The molecule has 124 valence electrons. The molecule has 1 aromatic heterocycles. The van der Waals surface area contributed by atoms with Gasteiger partial charge in [0, 0.05) is 18.7 Å². The summed E-state index contributed by atoms with van der Waals surface area (Å²) in [6.45, 7) is 6.89. The minimum absolute atomic E-state index is 0.0986. The number of sulfone groups is 1. The van der Waals surface area contributed by atoms with Gasteiger partial charge in [-0.05, 0) is 38.5 Å². The molecule has 0 atom stereocenters. The second kappa shape index (κ2) is 5.77. The summed E-state index contributed by atoms with van der Waals surface area (Å²) in [5.74, 6) is 0.346. The molecule has 0 aliphatic heterocycles. The Labute approximate surface area is 135 Å². The van der Waals surface area contributed by atoms with Crippen molar-refractivity contribution < 1.29 is 17.7 Å². The molecule has 0 fully saturated rings. The van der Waals surface area contributed by atoms with E-state index >= 15 is 0 Å². The van der Waals surface area contributed by atoms with E-state index in [4.69, 9.17) is 4.52 Å². The molecule has 1 amide bonds. The molecular formula is C15H19N3O4S. The number of benzene rings is 1. The molecule has 0 bridgehead atoms. The van der Waals surface area contributed by atoms with Crippen LogP contribution in [0.4, 0.5) is 0 Å². The van der Waals surface area contributed by atoms with Gasteiger partial charge in [-0.25, -0.2) is 8.42 Å². The molecule has 0 aliphatic rings. The van der Waals surface area contributed by atoms with Crippen molar-refractivity contribution in [3.8, 4) is 0 Å². The van der Waals surface area contributed by atoms with E-state index in [1.807, 2.05) is 0 Å². The maximum Gasteiger partial charge on any atom is 0.252 e. The summed E-state index contributed by atoms with van der Waals surface area (Å²) < 4.78 is 28.3. The first-order valence-electron chi connectivity index (χ1n) is 6.95. The third-order valence-corrected chi connectivity index (χ3v) is 4.50. The SMILES string of the molecule is Cc1nc(C(C)(C)NC(=O)c2cc(S(C)(=O)=O)ccc2C)no1. The molecule has 7 nitrogen and oxygen atoms in total. The highest BCUT2D eigenvalue weighted by Gasteiger charge is 2.29. The highest BCUT2D eigenvalue weighted by Crippen LogP contribution is 2.20. The van der Waals surface area contributed by atoms with E-state index in [0.29, 0.717) is 22.8 Å². The highest BCUT2D eigenvalue weighted by atomic mass is 32.2. The van der Waals surface area contributed by atoms with Crippen LogP contribution in [0.1, 0.15) is 41.5 Å². The number of nitrogens with zero attached hydrogens (tertiary/aromatic N) is 2. The van der Waals surface area contributed by atoms with Gasteiger partial charge in [-0.2, -0.15) is 4.98 Å². The van der Waals surface area contributed by atoms with Gasteiger partial charge in [0.25, 0.3) is 5.91 Å². The van der Waals surface area contributed by atoms with Crippen molar-refractivity contribution in [2.75, 3.05) is 6.26 Å². The standard InChI is InChI=1S/C15H19N3O4S/c1-9-6-7-11(23(5,20)21)8-12(9)13(19)17-15(3,4)14-16-10(2)22-18-14/h6-8H,1-5H3,(H,17,19). The molecule has 2 aromatic rings. The maximum absolute atomic E-state index is 12.5. The normalized spacial score (nSPS) is 12.2. The Hall–Kier alpha value is -2.22. The van der Waals surface area contributed by atoms with Gasteiger partial charge in [-0.1, -0.05) is 11.2 Å². The number of amides is 1. The summed E-state index contributed by atoms with van der Waals surface area (Å²) in [5, 5.41) is 6.62. The number of hydrogen-bond acceptors (Lipinski definition) is 6. The van der Waals surface area contributed by atoms with Crippen LogP contribution in [0.5, 0.6) is 0 Å². The van der Waals surface area contributed by atoms with Gasteiger partial charge in [-0.15, -0.1) is 0 Å². The number of rotatable bonds is 4. The summed E-state index contributed by atoms with van der Waals surface area (Å²) in [4.78, 5) is 16.8. The van der Waals surface area contributed by atoms with Crippen molar-refractivity contribution in [2.45, 2.75) is 38.1 Å². The zero-order chi connectivity index (χ0) is 17.4. The van der Waals surface area contributed by atoms with Crippen molar-refractivity contribution in [1.29, 1.82) is 0 Å². The number of aromatic nitrogens is 2. The van der Waals surface area contributed by atoms with Crippen LogP contribution < -0.4 is 5.32 Å². The van der Waals surface area contributed by atoms with E-state index in [0.717, 1.165) is 6.26 Å².